The van der Waals surface area contributed by atoms with Crippen LogP contribution in [0.1, 0.15) is 6.92 Å². The average molecular weight is 350 g/mol. The van der Waals surface area contributed by atoms with Gasteiger partial charge in [-0.15, -0.1) is 11.8 Å². The highest BCUT2D eigenvalue weighted by atomic mass is 32.2. The number of nitrogens with one attached hydrogen (secondary N) is 2. The zero-order chi connectivity index (χ0) is 16.9. The van der Waals surface area contributed by atoms with E-state index in [4.69, 9.17) is 0 Å². The van der Waals surface area contributed by atoms with Crippen molar-refractivity contribution in [3.05, 3.63) is 54.6 Å². The molecule has 2 aromatic rings. The van der Waals surface area contributed by atoms with E-state index in [-0.39, 0.29) is 4.90 Å². The van der Waals surface area contributed by atoms with Crippen molar-refractivity contribution in [2.24, 2.45) is 0 Å². The lowest BCUT2D eigenvalue weighted by molar-refractivity contribution is -0.117. The summed E-state index contributed by atoms with van der Waals surface area (Å²) in [5.41, 5.74) is 0.663. The predicted octanol–water partition coefficient (Wildman–Crippen LogP) is 2.71. The van der Waals surface area contributed by atoms with Crippen LogP contribution >= 0.6 is 11.8 Å². The molecule has 0 bridgehead atoms. The second-order valence-electron chi connectivity index (χ2n) is 4.85. The molecule has 2 N–H and O–H groups in total. The summed E-state index contributed by atoms with van der Waals surface area (Å²) in [4.78, 5) is 13.3. The Morgan fingerprint density at radius 3 is 2.30 bits per heavy atom. The number of carbonyl (C=O) groups excluding carboxylic acids is 1. The van der Waals surface area contributed by atoms with Crippen LogP contribution in [-0.2, 0) is 14.8 Å². The average Bonchev–Trinajstić information content (AvgIpc) is 2.55. The first-order chi connectivity index (χ1) is 10.9. The van der Waals surface area contributed by atoms with Gasteiger partial charge in [0, 0.05) is 4.90 Å². The Morgan fingerprint density at radius 2 is 1.65 bits per heavy atom. The zero-order valence-corrected chi connectivity index (χ0v) is 14.4. The van der Waals surface area contributed by atoms with Crippen molar-refractivity contribution in [1.82, 2.24) is 4.72 Å². The van der Waals surface area contributed by atoms with Gasteiger partial charge in [-0.2, -0.15) is 4.72 Å². The van der Waals surface area contributed by atoms with Crippen molar-refractivity contribution in [3.63, 3.8) is 0 Å². The lowest BCUT2D eigenvalue weighted by Crippen LogP contribution is -2.41. The first-order valence-corrected chi connectivity index (χ1v) is 9.66. The van der Waals surface area contributed by atoms with E-state index in [0.717, 1.165) is 4.90 Å². The zero-order valence-electron chi connectivity index (χ0n) is 12.8. The van der Waals surface area contributed by atoms with Gasteiger partial charge in [0.1, 0.15) is 0 Å². The molecule has 1 amide bonds. The Bertz CT molecular complexity index is 777. The molecule has 0 saturated heterocycles. The van der Waals surface area contributed by atoms with Crippen LogP contribution in [0.25, 0.3) is 0 Å². The number of amides is 1. The molecule has 2 rings (SSSR count). The summed E-state index contributed by atoms with van der Waals surface area (Å²) >= 11 is 1.51. The minimum absolute atomic E-state index is 0.129. The maximum Gasteiger partial charge on any atom is 0.242 e. The first kappa shape index (κ1) is 17.5. The number of benzene rings is 2. The van der Waals surface area contributed by atoms with Gasteiger partial charge < -0.3 is 5.32 Å². The van der Waals surface area contributed by atoms with Gasteiger partial charge in [0.2, 0.25) is 15.9 Å². The summed E-state index contributed by atoms with van der Waals surface area (Å²) in [5.74, 6) is -0.411. The van der Waals surface area contributed by atoms with Crippen LogP contribution in [0.2, 0.25) is 0 Å². The van der Waals surface area contributed by atoms with Crippen LogP contribution in [-0.4, -0.2) is 26.6 Å². The summed E-state index contributed by atoms with van der Waals surface area (Å²) in [6.45, 7) is 1.51. The summed E-state index contributed by atoms with van der Waals surface area (Å²) in [7, 11) is -3.73. The van der Waals surface area contributed by atoms with Crippen LogP contribution in [0.4, 0.5) is 5.69 Å². The molecule has 0 aliphatic rings. The van der Waals surface area contributed by atoms with Crippen molar-refractivity contribution in [3.8, 4) is 0 Å². The van der Waals surface area contributed by atoms with E-state index in [0.29, 0.717) is 5.69 Å². The van der Waals surface area contributed by atoms with Crippen LogP contribution < -0.4 is 10.0 Å². The van der Waals surface area contributed by atoms with E-state index in [1.54, 1.807) is 24.3 Å². The van der Waals surface area contributed by atoms with Crippen molar-refractivity contribution in [2.45, 2.75) is 22.8 Å². The monoisotopic (exact) mass is 350 g/mol. The normalized spacial score (nSPS) is 12.6. The van der Waals surface area contributed by atoms with Crippen LogP contribution in [0.15, 0.2) is 64.4 Å². The van der Waals surface area contributed by atoms with Gasteiger partial charge in [-0.05, 0) is 37.4 Å². The Hall–Kier alpha value is -1.83. The smallest absolute Gasteiger partial charge is 0.242 e. The third kappa shape index (κ3) is 4.57. The molecule has 2 aromatic carbocycles. The van der Waals surface area contributed by atoms with E-state index < -0.39 is 22.0 Å². The fourth-order valence-electron chi connectivity index (χ4n) is 1.94. The number of hydrogen-bond acceptors (Lipinski definition) is 4. The quantitative estimate of drug-likeness (QED) is 0.786. The minimum Gasteiger partial charge on any atom is -0.324 e. The second kappa shape index (κ2) is 7.63. The number of thioether (sulfide) groups is 1. The molecule has 0 saturated carbocycles. The summed E-state index contributed by atoms with van der Waals surface area (Å²) in [6, 6.07) is 14.4. The molecule has 23 heavy (non-hydrogen) atoms. The van der Waals surface area contributed by atoms with Gasteiger partial charge in [-0.1, -0.05) is 30.3 Å². The molecule has 0 heterocycles. The Kier molecular flexibility index (Phi) is 5.81. The lowest BCUT2D eigenvalue weighted by atomic mass is 10.3. The van der Waals surface area contributed by atoms with Gasteiger partial charge in [0.25, 0.3) is 0 Å². The molecular weight excluding hydrogens is 332 g/mol. The first-order valence-electron chi connectivity index (χ1n) is 6.95. The molecule has 5 nitrogen and oxygen atoms in total. The molecule has 7 heteroatoms. The molecule has 0 aromatic heterocycles. The maximum atomic E-state index is 12.2. The van der Waals surface area contributed by atoms with Crippen molar-refractivity contribution in [2.75, 3.05) is 11.6 Å². The lowest BCUT2D eigenvalue weighted by Gasteiger charge is -2.15. The summed E-state index contributed by atoms with van der Waals surface area (Å²) in [6.07, 6.45) is 1.91. The predicted molar refractivity (Wildman–Crippen MR) is 93.1 cm³/mol. The largest absolute Gasteiger partial charge is 0.324 e. The summed E-state index contributed by atoms with van der Waals surface area (Å²) < 4.78 is 26.8. The van der Waals surface area contributed by atoms with E-state index >= 15 is 0 Å². The molecule has 122 valence electrons. The molecule has 0 aliphatic carbocycles. The minimum atomic E-state index is -3.73. The fraction of sp³-hybridized carbons (Fsp3) is 0.188. The fourth-order valence-corrected chi connectivity index (χ4v) is 3.72. The van der Waals surface area contributed by atoms with E-state index in [1.807, 2.05) is 24.5 Å². The second-order valence-corrected chi connectivity index (χ2v) is 7.41. The van der Waals surface area contributed by atoms with Crippen LogP contribution in [0.5, 0.6) is 0 Å². The highest BCUT2D eigenvalue weighted by Crippen LogP contribution is 2.24. The number of sulfonamides is 1. The van der Waals surface area contributed by atoms with Crippen molar-refractivity contribution >= 4 is 33.4 Å². The van der Waals surface area contributed by atoms with Gasteiger partial charge in [-0.25, -0.2) is 8.42 Å². The van der Waals surface area contributed by atoms with E-state index in [2.05, 4.69) is 10.0 Å². The molecule has 0 fully saturated rings. The molecule has 0 radical (unpaired) electrons. The topological polar surface area (TPSA) is 75.3 Å². The van der Waals surface area contributed by atoms with Gasteiger partial charge >= 0.3 is 0 Å². The Balaban J connectivity index is 2.09. The summed E-state index contributed by atoms with van der Waals surface area (Å²) in [5, 5.41) is 2.75. The number of hydrogen-bond donors (Lipinski definition) is 2. The van der Waals surface area contributed by atoms with Crippen molar-refractivity contribution < 1.29 is 13.2 Å². The SMILES string of the molecule is CSc1ccccc1NC(=O)[C@H](C)NS(=O)(=O)c1ccccc1. The molecule has 0 spiro atoms. The van der Waals surface area contributed by atoms with E-state index in [9.17, 15) is 13.2 Å². The molecular formula is C16H18N2O3S2. The third-order valence-electron chi connectivity index (χ3n) is 3.14. The third-order valence-corrected chi connectivity index (χ3v) is 5.50. The molecule has 1 atom stereocenters. The Labute approximate surface area is 140 Å². The highest BCUT2D eigenvalue weighted by molar-refractivity contribution is 7.98. The molecule has 0 unspecified atom stereocenters. The van der Waals surface area contributed by atoms with E-state index in [1.165, 1.54) is 30.8 Å². The molecule has 0 aliphatic heterocycles. The Morgan fingerprint density at radius 1 is 1.04 bits per heavy atom. The maximum absolute atomic E-state index is 12.2. The number of anilines is 1. The van der Waals surface area contributed by atoms with Crippen LogP contribution in [0.3, 0.4) is 0 Å². The van der Waals surface area contributed by atoms with Gasteiger partial charge in [0.05, 0.1) is 16.6 Å². The standard InChI is InChI=1S/C16H18N2O3S2/c1-12(18-23(20,21)13-8-4-3-5-9-13)16(19)17-14-10-6-7-11-15(14)22-2/h3-12,18H,1-2H3,(H,17,19)/t12-/m0/s1. The number of para-hydroxylation sites is 1. The number of carbonyl (C=O) groups is 1. The highest BCUT2D eigenvalue weighted by Gasteiger charge is 2.22. The number of rotatable bonds is 6. The van der Waals surface area contributed by atoms with Crippen LogP contribution in [0, 0.1) is 0 Å². The van der Waals surface area contributed by atoms with Gasteiger partial charge in [-0.3, -0.25) is 4.79 Å². The van der Waals surface area contributed by atoms with Gasteiger partial charge in [0.15, 0.2) is 0 Å². The van der Waals surface area contributed by atoms with Crippen molar-refractivity contribution in [1.29, 1.82) is 0 Å².